The van der Waals surface area contributed by atoms with E-state index < -0.39 is 0 Å². The lowest BCUT2D eigenvalue weighted by Crippen LogP contribution is -2.40. The van der Waals surface area contributed by atoms with E-state index in [2.05, 4.69) is 15.3 Å². The number of anilines is 2. The molecular formula is C15H24N4O. The quantitative estimate of drug-likeness (QED) is 0.918. The molecule has 0 bridgehead atoms. The van der Waals surface area contributed by atoms with Crippen molar-refractivity contribution < 1.29 is 4.74 Å². The van der Waals surface area contributed by atoms with E-state index in [0.717, 1.165) is 25.0 Å². The summed E-state index contributed by atoms with van der Waals surface area (Å²) in [5.74, 6) is 1.70. The second-order valence-corrected chi connectivity index (χ2v) is 6.20. The summed E-state index contributed by atoms with van der Waals surface area (Å²) in [5.41, 5.74) is 0.418. The fourth-order valence-corrected chi connectivity index (χ4v) is 3.56. The molecular weight excluding hydrogens is 252 g/mol. The molecule has 1 aliphatic carbocycles. The molecule has 1 saturated carbocycles. The molecule has 2 fully saturated rings. The Labute approximate surface area is 120 Å². The van der Waals surface area contributed by atoms with Crippen LogP contribution in [0, 0.1) is 5.41 Å². The van der Waals surface area contributed by atoms with Gasteiger partial charge in [0.1, 0.15) is 5.82 Å². The molecule has 0 aromatic carbocycles. The van der Waals surface area contributed by atoms with Crippen molar-refractivity contribution in [1.29, 1.82) is 0 Å². The maximum absolute atomic E-state index is 5.55. The van der Waals surface area contributed by atoms with Crippen LogP contribution in [0.1, 0.15) is 32.1 Å². The summed E-state index contributed by atoms with van der Waals surface area (Å²) in [4.78, 5) is 10.8. The second kappa shape index (κ2) is 5.56. The molecule has 5 heteroatoms. The molecule has 3 rings (SSSR count). The monoisotopic (exact) mass is 276 g/mol. The summed E-state index contributed by atoms with van der Waals surface area (Å²) in [5, 5.41) is 3.66. The van der Waals surface area contributed by atoms with Crippen LogP contribution >= 0.6 is 0 Å². The normalized spacial score (nSPS) is 24.8. The summed E-state index contributed by atoms with van der Waals surface area (Å²) in [6.07, 6.45) is 8.05. The van der Waals surface area contributed by atoms with E-state index in [1.807, 2.05) is 31.3 Å². The lowest BCUT2D eigenvalue weighted by molar-refractivity contribution is 0.0134. The van der Waals surface area contributed by atoms with Crippen molar-refractivity contribution >= 4 is 11.8 Å². The highest BCUT2D eigenvalue weighted by atomic mass is 16.5. The first-order chi connectivity index (χ1) is 9.70. The van der Waals surface area contributed by atoms with Crippen molar-refractivity contribution in [2.75, 3.05) is 37.5 Å². The van der Waals surface area contributed by atoms with Crippen LogP contribution < -0.4 is 10.2 Å². The molecule has 20 heavy (non-hydrogen) atoms. The highest BCUT2D eigenvalue weighted by molar-refractivity contribution is 5.41. The zero-order chi connectivity index (χ0) is 14.0. The Morgan fingerprint density at radius 2 is 2.10 bits per heavy atom. The number of ether oxygens (including phenoxy) is 1. The Kier molecular flexibility index (Phi) is 3.78. The standard InChI is InChI=1S/C15H24N4O/c1-19(2)14-16-9-5-13(18-14)17-12-4-3-6-15(12)7-10-20-11-8-15/h5,9,12H,3-4,6-8,10-11H2,1-2H3,(H,16,17,18)/t12-/m0/s1. The summed E-state index contributed by atoms with van der Waals surface area (Å²) in [6, 6.07) is 2.49. The maximum Gasteiger partial charge on any atom is 0.226 e. The molecule has 0 amide bonds. The van der Waals surface area contributed by atoms with Gasteiger partial charge >= 0.3 is 0 Å². The Morgan fingerprint density at radius 1 is 1.30 bits per heavy atom. The zero-order valence-electron chi connectivity index (χ0n) is 12.4. The van der Waals surface area contributed by atoms with Crippen molar-refractivity contribution in [3.05, 3.63) is 12.3 Å². The number of hydrogen-bond acceptors (Lipinski definition) is 5. The minimum Gasteiger partial charge on any atom is -0.381 e. The molecule has 1 aliphatic heterocycles. The Morgan fingerprint density at radius 3 is 2.85 bits per heavy atom. The molecule has 110 valence electrons. The van der Waals surface area contributed by atoms with Gasteiger partial charge in [-0.3, -0.25) is 0 Å². The van der Waals surface area contributed by atoms with Crippen LogP contribution in [-0.2, 0) is 4.74 Å². The van der Waals surface area contributed by atoms with E-state index in [-0.39, 0.29) is 0 Å². The van der Waals surface area contributed by atoms with Crippen molar-refractivity contribution in [2.24, 2.45) is 5.41 Å². The maximum atomic E-state index is 5.55. The van der Waals surface area contributed by atoms with Gasteiger partial charge in [0.15, 0.2) is 0 Å². The van der Waals surface area contributed by atoms with Gasteiger partial charge in [-0.2, -0.15) is 4.98 Å². The van der Waals surface area contributed by atoms with E-state index in [9.17, 15) is 0 Å². The summed E-state index contributed by atoms with van der Waals surface area (Å²) < 4.78 is 5.55. The third-order valence-electron chi connectivity index (χ3n) is 4.76. The van der Waals surface area contributed by atoms with Gasteiger partial charge in [-0.1, -0.05) is 6.42 Å². The molecule has 2 aliphatic rings. The Bertz CT molecular complexity index is 457. The van der Waals surface area contributed by atoms with Gasteiger partial charge in [0.25, 0.3) is 0 Å². The van der Waals surface area contributed by atoms with Crippen molar-refractivity contribution in [2.45, 2.75) is 38.1 Å². The first kappa shape index (κ1) is 13.6. The van der Waals surface area contributed by atoms with Crippen molar-refractivity contribution in [3.63, 3.8) is 0 Å². The predicted molar refractivity (Wildman–Crippen MR) is 80.1 cm³/mol. The fraction of sp³-hybridized carbons (Fsp3) is 0.733. The average molecular weight is 276 g/mol. The first-order valence-corrected chi connectivity index (χ1v) is 7.54. The van der Waals surface area contributed by atoms with E-state index >= 15 is 0 Å². The van der Waals surface area contributed by atoms with Gasteiger partial charge in [-0.15, -0.1) is 0 Å². The number of nitrogens with one attached hydrogen (secondary N) is 1. The van der Waals surface area contributed by atoms with Crippen molar-refractivity contribution in [3.8, 4) is 0 Å². The summed E-state index contributed by atoms with van der Waals surface area (Å²) in [7, 11) is 3.93. The molecule has 5 nitrogen and oxygen atoms in total. The first-order valence-electron chi connectivity index (χ1n) is 7.54. The van der Waals surface area contributed by atoms with E-state index in [4.69, 9.17) is 4.74 Å². The number of hydrogen-bond donors (Lipinski definition) is 1. The zero-order valence-corrected chi connectivity index (χ0v) is 12.4. The fourth-order valence-electron chi connectivity index (χ4n) is 3.56. The van der Waals surface area contributed by atoms with Gasteiger partial charge in [0.05, 0.1) is 0 Å². The molecule has 2 heterocycles. The molecule has 1 atom stereocenters. The highest BCUT2D eigenvalue weighted by Gasteiger charge is 2.43. The lowest BCUT2D eigenvalue weighted by Gasteiger charge is -2.39. The molecule has 0 radical (unpaired) electrons. The minimum atomic E-state index is 0.418. The van der Waals surface area contributed by atoms with E-state index in [0.29, 0.717) is 11.5 Å². The smallest absolute Gasteiger partial charge is 0.226 e. The SMILES string of the molecule is CN(C)c1nccc(N[C@H]2CCCC23CCOCC3)n1. The molecule has 0 unspecified atom stereocenters. The highest BCUT2D eigenvalue weighted by Crippen LogP contribution is 2.47. The Hall–Kier alpha value is -1.36. The Balaban J connectivity index is 1.74. The molecule has 1 saturated heterocycles. The molecule has 1 aromatic rings. The second-order valence-electron chi connectivity index (χ2n) is 6.20. The third kappa shape index (κ3) is 2.59. The van der Waals surface area contributed by atoms with Crippen LogP contribution in [-0.4, -0.2) is 43.3 Å². The number of nitrogens with zero attached hydrogens (tertiary/aromatic N) is 3. The van der Waals surface area contributed by atoms with Gasteiger partial charge in [-0.25, -0.2) is 4.98 Å². The summed E-state index contributed by atoms with van der Waals surface area (Å²) >= 11 is 0. The summed E-state index contributed by atoms with van der Waals surface area (Å²) in [6.45, 7) is 1.82. The molecule has 1 N–H and O–H groups in total. The average Bonchev–Trinajstić information content (AvgIpc) is 2.82. The largest absolute Gasteiger partial charge is 0.381 e. The van der Waals surface area contributed by atoms with Crippen LogP contribution in [0.3, 0.4) is 0 Å². The van der Waals surface area contributed by atoms with Gasteiger partial charge < -0.3 is 15.0 Å². The minimum absolute atomic E-state index is 0.418. The lowest BCUT2D eigenvalue weighted by atomic mass is 9.75. The third-order valence-corrected chi connectivity index (χ3v) is 4.76. The topological polar surface area (TPSA) is 50.3 Å². The van der Waals surface area contributed by atoms with Crippen LogP contribution in [0.4, 0.5) is 11.8 Å². The molecule has 1 spiro atoms. The van der Waals surface area contributed by atoms with Crippen LogP contribution in [0.15, 0.2) is 12.3 Å². The molecule has 1 aromatic heterocycles. The number of aromatic nitrogens is 2. The van der Waals surface area contributed by atoms with Gasteiger partial charge in [0, 0.05) is 39.5 Å². The van der Waals surface area contributed by atoms with Crippen LogP contribution in [0.25, 0.3) is 0 Å². The van der Waals surface area contributed by atoms with Gasteiger partial charge in [-0.05, 0) is 37.2 Å². The predicted octanol–water partition coefficient (Wildman–Crippen LogP) is 2.30. The van der Waals surface area contributed by atoms with Crippen LogP contribution in [0.5, 0.6) is 0 Å². The van der Waals surface area contributed by atoms with Crippen LogP contribution in [0.2, 0.25) is 0 Å². The van der Waals surface area contributed by atoms with E-state index in [1.54, 1.807) is 0 Å². The van der Waals surface area contributed by atoms with Crippen molar-refractivity contribution in [1.82, 2.24) is 9.97 Å². The number of rotatable bonds is 3. The van der Waals surface area contributed by atoms with Gasteiger partial charge in [0.2, 0.25) is 5.95 Å². The van der Waals surface area contributed by atoms with E-state index in [1.165, 1.54) is 32.1 Å².